The minimum atomic E-state index is -0.285. The van der Waals surface area contributed by atoms with Crippen molar-refractivity contribution in [2.75, 3.05) is 11.9 Å². The van der Waals surface area contributed by atoms with Gasteiger partial charge >= 0.3 is 0 Å². The van der Waals surface area contributed by atoms with E-state index in [1.807, 2.05) is 37.3 Å². The minimum absolute atomic E-state index is 0.101. The number of anilines is 1. The molecule has 4 aromatic rings. The van der Waals surface area contributed by atoms with Gasteiger partial charge in [0.05, 0.1) is 5.39 Å². The molecule has 0 fully saturated rings. The van der Waals surface area contributed by atoms with Crippen molar-refractivity contribution in [1.82, 2.24) is 0 Å². The lowest BCUT2D eigenvalue weighted by atomic mass is 9.92. The Bertz CT molecular complexity index is 1410. The van der Waals surface area contributed by atoms with E-state index < -0.39 is 0 Å². The van der Waals surface area contributed by atoms with Crippen molar-refractivity contribution in [2.24, 2.45) is 0 Å². The van der Waals surface area contributed by atoms with E-state index in [-0.39, 0.29) is 35.5 Å². The lowest BCUT2D eigenvalue weighted by Crippen LogP contribution is -2.22. The average molecular weight is 486 g/mol. The second-order valence-corrected chi connectivity index (χ2v) is 9.46. The lowest BCUT2D eigenvalue weighted by Gasteiger charge is -2.20. The van der Waals surface area contributed by atoms with Crippen LogP contribution in [-0.4, -0.2) is 12.5 Å². The zero-order valence-electron chi connectivity index (χ0n) is 21.3. The van der Waals surface area contributed by atoms with Crippen molar-refractivity contribution in [3.8, 4) is 17.2 Å². The van der Waals surface area contributed by atoms with Crippen LogP contribution in [0.4, 0.5) is 5.69 Å². The highest BCUT2D eigenvalue weighted by Crippen LogP contribution is 2.32. The first-order chi connectivity index (χ1) is 17.2. The standard InChI is InChI=1S/C30H31NO5/c1-18(2)23-7-6-8-24(19(3)4)29(23)31-28(32)17-34-22-13-14-25-26(15-22)35-16-27(30(25)33)36-21-11-9-20(5)10-12-21/h6-16,18-19H,17H2,1-5H3,(H,31,32). The summed E-state index contributed by atoms with van der Waals surface area (Å²) in [5, 5.41) is 3.40. The summed E-state index contributed by atoms with van der Waals surface area (Å²) in [5.41, 5.74) is 4.19. The molecule has 0 spiro atoms. The molecule has 36 heavy (non-hydrogen) atoms. The number of ether oxygens (including phenoxy) is 2. The Morgan fingerprint density at radius 2 is 1.56 bits per heavy atom. The highest BCUT2D eigenvalue weighted by Gasteiger charge is 2.17. The smallest absolute Gasteiger partial charge is 0.262 e. The second-order valence-electron chi connectivity index (χ2n) is 9.46. The Kier molecular flexibility index (Phi) is 7.44. The molecule has 0 aliphatic carbocycles. The van der Waals surface area contributed by atoms with E-state index in [0.29, 0.717) is 22.5 Å². The number of para-hydroxylation sites is 1. The van der Waals surface area contributed by atoms with Gasteiger partial charge in [0.1, 0.15) is 23.3 Å². The van der Waals surface area contributed by atoms with E-state index in [9.17, 15) is 9.59 Å². The molecule has 4 rings (SSSR count). The van der Waals surface area contributed by atoms with Crippen molar-refractivity contribution in [3.63, 3.8) is 0 Å². The number of fused-ring (bicyclic) bond motifs is 1. The highest BCUT2D eigenvalue weighted by molar-refractivity contribution is 5.94. The molecule has 6 heteroatoms. The number of hydrogen-bond donors (Lipinski definition) is 1. The molecule has 0 saturated heterocycles. The van der Waals surface area contributed by atoms with Crippen LogP contribution < -0.4 is 20.2 Å². The molecular formula is C30H31NO5. The number of rotatable bonds is 8. The molecule has 6 nitrogen and oxygen atoms in total. The topological polar surface area (TPSA) is 77.8 Å². The molecule has 0 radical (unpaired) electrons. The summed E-state index contributed by atoms with van der Waals surface area (Å²) in [6.45, 7) is 10.2. The van der Waals surface area contributed by atoms with Crippen LogP contribution in [0.15, 0.2) is 76.1 Å². The summed E-state index contributed by atoms with van der Waals surface area (Å²) >= 11 is 0. The summed E-state index contributed by atoms with van der Waals surface area (Å²) in [6.07, 6.45) is 1.29. The third-order valence-electron chi connectivity index (χ3n) is 5.97. The first-order valence-corrected chi connectivity index (χ1v) is 12.1. The SMILES string of the molecule is Cc1ccc(Oc2coc3cc(OCC(=O)Nc4c(C(C)C)cccc4C(C)C)ccc3c2=O)cc1. The number of hydrogen-bond acceptors (Lipinski definition) is 5. The Labute approximate surface area is 210 Å². The van der Waals surface area contributed by atoms with Gasteiger partial charge in [0, 0.05) is 11.8 Å². The van der Waals surface area contributed by atoms with Crippen molar-refractivity contribution < 1.29 is 18.7 Å². The summed E-state index contributed by atoms with van der Waals surface area (Å²) in [4.78, 5) is 25.6. The van der Waals surface area contributed by atoms with Crippen LogP contribution >= 0.6 is 0 Å². The van der Waals surface area contributed by atoms with E-state index in [0.717, 1.165) is 22.4 Å². The van der Waals surface area contributed by atoms with Crippen molar-refractivity contribution in [2.45, 2.75) is 46.5 Å². The van der Waals surface area contributed by atoms with Gasteiger partial charge in [-0.05, 0) is 54.2 Å². The molecule has 0 atom stereocenters. The van der Waals surface area contributed by atoms with Crippen molar-refractivity contribution in [3.05, 3.63) is 93.8 Å². The predicted molar refractivity (Wildman–Crippen MR) is 142 cm³/mol. The lowest BCUT2D eigenvalue weighted by molar-refractivity contribution is -0.118. The van der Waals surface area contributed by atoms with Gasteiger partial charge in [-0.3, -0.25) is 9.59 Å². The first kappa shape index (κ1) is 25.0. The number of carbonyl (C=O) groups excluding carboxylic acids is 1. The maximum absolute atomic E-state index is 12.9. The molecule has 1 heterocycles. The van der Waals surface area contributed by atoms with Gasteiger partial charge in [0.15, 0.2) is 6.61 Å². The normalized spacial score (nSPS) is 11.2. The molecule has 0 bridgehead atoms. The molecule has 0 saturated carbocycles. The van der Waals surface area contributed by atoms with Gasteiger partial charge in [-0.15, -0.1) is 0 Å². The second kappa shape index (κ2) is 10.7. The summed E-state index contributed by atoms with van der Waals surface area (Å²) < 4.78 is 17.1. The Balaban J connectivity index is 1.47. The molecular weight excluding hydrogens is 454 g/mol. The first-order valence-electron chi connectivity index (χ1n) is 12.1. The fraction of sp³-hybridized carbons (Fsp3) is 0.267. The third-order valence-corrected chi connectivity index (χ3v) is 5.97. The Morgan fingerprint density at radius 1 is 0.917 bits per heavy atom. The Hall–Kier alpha value is -4.06. The number of amides is 1. The van der Waals surface area contributed by atoms with Crippen LogP contribution in [0.5, 0.6) is 17.2 Å². The van der Waals surface area contributed by atoms with Gasteiger partial charge in [0.25, 0.3) is 5.91 Å². The molecule has 186 valence electrons. The summed E-state index contributed by atoms with van der Waals surface area (Å²) in [6, 6.07) is 18.4. The number of benzene rings is 3. The van der Waals surface area contributed by atoms with Crippen LogP contribution in [0.25, 0.3) is 11.0 Å². The number of nitrogens with one attached hydrogen (secondary N) is 1. The molecule has 1 N–H and O–H groups in total. The highest BCUT2D eigenvalue weighted by atomic mass is 16.5. The molecule has 0 aliphatic rings. The van der Waals surface area contributed by atoms with E-state index in [4.69, 9.17) is 13.9 Å². The van der Waals surface area contributed by atoms with E-state index in [1.54, 1.807) is 30.3 Å². The molecule has 0 unspecified atom stereocenters. The minimum Gasteiger partial charge on any atom is -0.484 e. The molecule has 0 aliphatic heterocycles. The van der Waals surface area contributed by atoms with E-state index >= 15 is 0 Å². The van der Waals surface area contributed by atoms with Gasteiger partial charge in [-0.25, -0.2) is 0 Å². The largest absolute Gasteiger partial charge is 0.484 e. The van der Waals surface area contributed by atoms with Crippen LogP contribution in [0.1, 0.15) is 56.2 Å². The Morgan fingerprint density at radius 3 is 2.19 bits per heavy atom. The fourth-order valence-corrected chi connectivity index (χ4v) is 4.00. The van der Waals surface area contributed by atoms with Crippen molar-refractivity contribution in [1.29, 1.82) is 0 Å². The zero-order chi connectivity index (χ0) is 25.8. The van der Waals surface area contributed by atoms with Gasteiger partial charge in [0.2, 0.25) is 11.2 Å². The average Bonchev–Trinajstić information content (AvgIpc) is 2.85. The maximum atomic E-state index is 12.9. The molecule has 1 amide bonds. The molecule has 1 aromatic heterocycles. The van der Waals surface area contributed by atoms with Crippen LogP contribution in [0.2, 0.25) is 0 Å². The predicted octanol–water partition coefficient (Wildman–Crippen LogP) is 7.16. The third kappa shape index (κ3) is 5.60. The fourth-order valence-electron chi connectivity index (χ4n) is 4.00. The number of carbonyl (C=O) groups is 1. The van der Waals surface area contributed by atoms with Crippen LogP contribution in [-0.2, 0) is 4.79 Å². The molecule has 3 aromatic carbocycles. The van der Waals surface area contributed by atoms with Crippen molar-refractivity contribution >= 4 is 22.6 Å². The van der Waals surface area contributed by atoms with Gasteiger partial charge < -0.3 is 19.2 Å². The zero-order valence-corrected chi connectivity index (χ0v) is 21.3. The summed E-state index contributed by atoms with van der Waals surface area (Å²) in [7, 11) is 0. The monoisotopic (exact) mass is 485 g/mol. The quantitative estimate of drug-likeness (QED) is 0.286. The van der Waals surface area contributed by atoms with Gasteiger partial charge in [-0.2, -0.15) is 0 Å². The van der Waals surface area contributed by atoms with Crippen LogP contribution in [0.3, 0.4) is 0 Å². The van der Waals surface area contributed by atoms with Crippen LogP contribution in [0, 0.1) is 6.92 Å². The van der Waals surface area contributed by atoms with E-state index in [1.165, 1.54) is 6.26 Å². The maximum Gasteiger partial charge on any atom is 0.262 e. The van der Waals surface area contributed by atoms with E-state index in [2.05, 4.69) is 33.0 Å². The van der Waals surface area contributed by atoms with Gasteiger partial charge in [-0.1, -0.05) is 63.6 Å². The number of aryl methyl sites for hydroxylation is 1. The summed E-state index contributed by atoms with van der Waals surface area (Å²) in [5.74, 6) is 1.36.